The fourth-order valence-corrected chi connectivity index (χ4v) is 3.40. The van der Waals surface area contributed by atoms with E-state index in [4.69, 9.17) is 4.74 Å². The second kappa shape index (κ2) is 8.17. The topological polar surface area (TPSA) is 54.5 Å². The van der Waals surface area contributed by atoms with Crippen LogP contribution in [0, 0.1) is 5.92 Å². The highest BCUT2D eigenvalue weighted by atomic mass is 16.6. The summed E-state index contributed by atoms with van der Waals surface area (Å²) in [4.78, 5) is 18.6. The molecule has 140 valence electrons. The number of aromatic nitrogens is 1. The summed E-state index contributed by atoms with van der Waals surface area (Å²) in [7, 11) is 0. The predicted molar refractivity (Wildman–Crippen MR) is 101 cm³/mol. The first-order valence-electron chi connectivity index (χ1n) is 9.26. The minimum Gasteiger partial charge on any atom is -0.444 e. The van der Waals surface area contributed by atoms with E-state index in [2.05, 4.69) is 35.1 Å². The number of alkyl carbamates (subject to hydrolysis) is 1. The molecule has 1 saturated heterocycles. The van der Waals surface area contributed by atoms with E-state index in [9.17, 15) is 4.79 Å². The summed E-state index contributed by atoms with van der Waals surface area (Å²) in [6.45, 7) is 13.1. The quantitative estimate of drug-likeness (QED) is 0.883. The smallest absolute Gasteiger partial charge is 0.407 e. The van der Waals surface area contributed by atoms with E-state index in [1.807, 2.05) is 39.2 Å². The Hall–Kier alpha value is -1.62. The van der Waals surface area contributed by atoms with Crippen molar-refractivity contribution in [3.63, 3.8) is 0 Å². The molecule has 1 fully saturated rings. The number of carbonyl (C=O) groups is 1. The van der Waals surface area contributed by atoms with Crippen LogP contribution in [0.5, 0.6) is 0 Å². The molecule has 1 aromatic heterocycles. The highest BCUT2D eigenvalue weighted by Crippen LogP contribution is 2.26. The molecule has 0 spiro atoms. The van der Waals surface area contributed by atoms with Crippen LogP contribution in [0.3, 0.4) is 0 Å². The third kappa shape index (κ3) is 6.65. The zero-order valence-electron chi connectivity index (χ0n) is 16.3. The number of carbonyl (C=O) groups excluding carboxylic acids is 1. The van der Waals surface area contributed by atoms with Gasteiger partial charge in [0.25, 0.3) is 0 Å². The number of ether oxygens (including phenoxy) is 1. The summed E-state index contributed by atoms with van der Waals surface area (Å²) in [5.41, 5.74) is 0.956. The van der Waals surface area contributed by atoms with Gasteiger partial charge in [-0.1, -0.05) is 6.07 Å². The largest absolute Gasteiger partial charge is 0.444 e. The zero-order chi connectivity index (χ0) is 18.5. The summed E-state index contributed by atoms with van der Waals surface area (Å²) in [5.74, 6) is 0.526. The molecule has 5 heteroatoms. The van der Waals surface area contributed by atoms with E-state index >= 15 is 0 Å². The van der Waals surface area contributed by atoms with E-state index < -0.39 is 5.60 Å². The van der Waals surface area contributed by atoms with Gasteiger partial charge >= 0.3 is 6.09 Å². The van der Waals surface area contributed by atoms with Crippen molar-refractivity contribution in [2.24, 2.45) is 5.92 Å². The monoisotopic (exact) mass is 347 g/mol. The Kier molecular flexibility index (Phi) is 6.44. The van der Waals surface area contributed by atoms with Crippen molar-refractivity contribution in [1.29, 1.82) is 0 Å². The Bertz CT molecular complexity index is 544. The second-order valence-corrected chi connectivity index (χ2v) is 8.66. The van der Waals surface area contributed by atoms with Crippen LogP contribution in [-0.4, -0.2) is 46.8 Å². The lowest BCUT2D eigenvalue weighted by Crippen LogP contribution is -2.50. The molecule has 25 heavy (non-hydrogen) atoms. The first-order valence-corrected chi connectivity index (χ1v) is 9.26. The number of nitrogens with zero attached hydrogens (tertiary/aromatic N) is 2. The van der Waals surface area contributed by atoms with Crippen LogP contribution in [0.2, 0.25) is 0 Å². The molecule has 1 amide bonds. The van der Waals surface area contributed by atoms with Crippen LogP contribution < -0.4 is 5.32 Å². The average molecular weight is 348 g/mol. The van der Waals surface area contributed by atoms with Gasteiger partial charge in [0.05, 0.1) is 0 Å². The van der Waals surface area contributed by atoms with Gasteiger partial charge in [0.15, 0.2) is 0 Å². The van der Waals surface area contributed by atoms with E-state index in [-0.39, 0.29) is 11.6 Å². The number of hydrogen-bond acceptors (Lipinski definition) is 4. The van der Waals surface area contributed by atoms with Gasteiger partial charge in [0.1, 0.15) is 5.60 Å². The molecule has 2 heterocycles. The molecule has 1 aromatic rings. The lowest BCUT2D eigenvalue weighted by Gasteiger charge is -2.43. The number of rotatable bonds is 5. The van der Waals surface area contributed by atoms with Gasteiger partial charge in [0.2, 0.25) is 0 Å². The van der Waals surface area contributed by atoms with Gasteiger partial charge in [0, 0.05) is 24.5 Å². The van der Waals surface area contributed by atoms with Crippen molar-refractivity contribution < 1.29 is 9.53 Å². The van der Waals surface area contributed by atoms with Crippen LogP contribution >= 0.6 is 0 Å². The van der Waals surface area contributed by atoms with Crippen molar-refractivity contribution in [1.82, 2.24) is 15.2 Å². The summed E-state index contributed by atoms with van der Waals surface area (Å²) in [6, 6.07) is 4.15. The summed E-state index contributed by atoms with van der Waals surface area (Å²) >= 11 is 0. The van der Waals surface area contributed by atoms with Crippen molar-refractivity contribution in [2.45, 2.75) is 65.0 Å². The Balaban J connectivity index is 1.76. The van der Waals surface area contributed by atoms with Crippen molar-refractivity contribution in [2.75, 3.05) is 19.6 Å². The molecular weight excluding hydrogens is 314 g/mol. The lowest BCUT2D eigenvalue weighted by molar-refractivity contribution is 0.0479. The van der Waals surface area contributed by atoms with E-state index in [0.717, 1.165) is 32.4 Å². The molecule has 1 N–H and O–H groups in total. The molecule has 0 atom stereocenters. The fourth-order valence-electron chi connectivity index (χ4n) is 3.40. The normalized spacial score (nSPS) is 17.3. The molecular formula is C20H33N3O2. The van der Waals surface area contributed by atoms with Gasteiger partial charge in [-0.25, -0.2) is 4.79 Å². The third-order valence-electron chi connectivity index (χ3n) is 4.76. The Morgan fingerprint density at radius 2 is 1.96 bits per heavy atom. The van der Waals surface area contributed by atoms with Gasteiger partial charge in [-0.2, -0.15) is 0 Å². The van der Waals surface area contributed by atoms with Gasteiger partial charge in [-0.3, -0.25) is 9.88 Å². The molecule has 0 bridgehead atoms. The first-order chi connectivity index (χ1) is 11.7. The van der Waals surface area contributed by atoms with E-state index in [0.29, 0.717) is 12.5 Å². The van der Waals surface area contributed by atoms with Crippen molar-refractivity contribution in [3.8, 4) is 0 Å². The van der Waals surface area contributed by atoms with Crippen LogP contribution in [0.15, 0.2) is 24.5 Å². The summed E-state index contributed by atoms with van der Waals surface area (Å²) in [6.07, 6.45) is 6.67. The van der Waals surface area contributed by atoms with Crippen LogP contribution in [0.25, 0.3) is 0 Å². The number of amides is 1. The number of likely N-dealkylation sites (tertiary alicyclic amines) is 1. The Morgan fingerprint density at radius 1 is 1.28 bits per heavy atom. The fraction of sp³-hybridized carbons (Fsp3) is 0.700. The SMILES string of the molecule is CC(C)(C)OC(=O)NCC1CCN(C(C)(C)Cc2cccnc2)CC1. The molecule has 1 aliphatic heterocycles. The molecule has 1 aliphatic rings. The minimum atomic E-state index is -0.441. The van der Waals surface area contributed by atoms with Crippen molar-refractivity contribution >= 4 is 6.09 Å². The maximum Gasteiger partial charge on any atom is 0.407 e. The average Bonchev–Trinajstić information content (AvgIpc) is 2.52. The molecule has 5 nitrogen and oxygen atoms in total. The first kappa shape index (κ1) is 19.7. The van der Waals surface area contributed by atoms with Gasteiger partial charge in [-0.05, 0) is 84.5 Å². The minimum absolute atomic E-state index is 0.118. The predicted octanol–water partition coefficient (Wildman–Crippen LogP) is 3.64. The molecule has 0 unspecified atom stereocenters. The second-order valence-electron chi connectivity index (χ2n) is 8.66. The molecule has 0 aromatic carbocycles. The number of pyridine rings is 1. The van der Waals surface area contributed by atoms with E-state index in [1.165, 1.54) is 5.56 Å². The number of nitrogens with one attached hydrogen (secondary N) is 1. The van der Waals surface area contributed by atoms with Gasteiger partial charge in [-0.15, -0.1) is 0 Å². The highest BCUT2D eigenvalue weighted by molar-refractivity contribution is 5.67. The van der Waals surface area contributed by atoms with Gasteiger partial charge < -0.3 is 10.1 Å². The van der Waals surface area contributed by atoms with Crippen LogP contribution in [0.4, 0.5) is 4.79 Å². The Morgan fingerprint density at radius 3 is 2.52 bits per heavy atom. The Labute approximate surface area is 152 Å². The standard InChI is InChI=1S/C20H33N3O2/c1-19(2,3)25-18(24)22-15-16-8-11-23(12-9-16)20(4,5)13-17-7-6-10-21-14-17/h6-7,10,14,16H,8-9,11-13,15H2,1-5H3,(H,22,24). The van der Waals surface area contributed by atoms with Crippen molar-refractivity contribution in [3.05, 3.63) is 30.1 Å². The lowest BCUT2D eigenvalue weighted by atomic mass is 9.88. The molecule has 0 aliphatic carbocycles. The molecule has 2 rings (SSSR count). The number of hydrogen-bond donors (Lipinski definition) is 1. The highest BCUT2D eigenvalue weighted by Gasteiger charge is 2.31. The molecule has 0 radical (unpaired) electrons. The summed E-state index contributed by atoms with van der Waals surface area (Å²) in [5, 5.41) is 2.91. The number of piperidine rings is 1. The van der Waals surface area contributed by atoms with Crippen LogP contribution in [-0.2, 0) is 11.2 Å². The van der Waals surface area contributed by atoms with E-state index in [1.54, 1.807) is 0 Å². The maximum absolute atomic E-state index is 11.8. The zero-order valence-corrected chi connectivity index (χ0v) is 16.3. The summed E-state index contributed by atoms with van der Waals surface area (Å²) < 4.78 is 5.30. The molecule has 0 saturated carbocycles. The van der Waals surface area contributed by atoms with Crippen LogP contribution in [0.1, 0.15) is 53.0 Å². The third-order valence-corrected chi connectivity index (χ3v) is 4.76. The maximum atomic E-state index is 11.8.